The van der Waals surface area contributed by atoms with Gasteiger partial charge in [-0.05, 0) is 35.9 Å². The first-order valence-electron chi connectivity index (χ1n) is 9.29. The maximum Gasteiger partial charge on any atom is 0.416 e. The molecule has 2 aromatic carbocycles. The van der Waals surface area contributed by atoms with Crippen LogP contribution in [0.5, 0.6) is 0 Å². The molecule has 0 radical (unpaired) electrons. The van der Waals surface area contributed by atoms with Gasteiger partial charge in [0, 0.05) is 30.1 Å². The number of primary amides is 1. The van der Waals surface area contributed by atoms with Crippen LogP contribution in [0.15, 0.2) is 48.7 Å². The molecule has 1 aromatic heterocycles. The topological polar surface area (TPSA) is 129 Å². The third-order valence-corrected chi connectivity index (χ3v) is 4.36. The lowest BCUT2D eigenvalue weighted by Gasteiger charge is -2.12. The standard InChI is InChI=1S/C21H17F4N5O3/c1-10(31)28-19-17(18(26)32)16(9-27-19)11-2-4-14(5-3-11)29-20(33)30-15-7-12(21(23,24)25)6-13(22)8-15/h2-9,27H,1H3,(H2,26,32)(H,28,31)(H2,29,30,33). The highest BCUT2D eigenvalue weighted by molar-refractivity contribution is 6.07. The molecular weight excluding hydrogens is 446 g/mol. The smallest absolute Gasteiger partial charge is 0.365 e. The van der Waals surface area contributed by atoms with Crippen LogP contribution in [0.2, 0.25) is 0 Å². The second-order valence-corrected chi connectivity index (χ2v) is 6.88. The van der Waals surface area contributed by atoms with Crippen molar-refractivity contribution in [1.82, 2.24) is 4.98 Å². The van der Waals surface area contributed by atoms with Gasteiger partial charge in [0.15, 0.2) is 0 Å². The lowest BCUT2D eigenvalue weighted by Crippen LogP contribution is -2.20. The van der Waals surface area contributed by atoms with Crippen molar-refractivity contribution in [3.8, 4) is 11.1 Å². The Bertz CT molecular complexity index is 1220. The molecular formula is C21H17F4N5O3. The Morgan fingerprint density at radius 2 is 1.58 bits per heavy atom. The number of nitrogens with two attached hydrogens (primary N) is 1. The largest absolute Gasteiger partial charge is 0.416 e. The van der Waals surface area contributed by atoms with Gasteiger partial charge in [-0.15, -0.1) is 0 Å². The summed E-state index contributed by atoms with van der Waals surface area (Å²) in [6.45, 7) is 1.27. The van der Waals surface area contributed by atoms with Crippen molar-refractivity contribution in [2.75, 3.05) is 16.0 Å². The maximum atomic E-state index is 13.5. The van der Waals surface area contributed by atoms with Gasteiger partial charge in [0.1, 0.15) is 11.6 Å². The summed E-state index contributed by atoms with van der Waals surface area (Å²) in [4.78, 5) is 38.0. The van der Waals surface area contributed by atoms with E-state index in [0.717, 1.165) is 6.07 Å². The average molecular weight is 463 g/mol. The Balaban J connectivity index is 1.75. The van der Waals surface area contributed by atoms with Crippen LogP contribution in [-0.4, -0.2) is 22.8 Å². The molecule has 0 aliphatic carbocycles. The fourth-order valence-electron chi connectivity index (χ4n) is 3.03. The van der Waals surface area contributed by atoms with Gasteiger partial charge in [0.25, 0.3) is 5.91 Å². The lowest BCUT2D eigenvalue weighted by atomic mass is 10.0. The van der Waals surface area contributed by atoms with E-state index in [9.17, 15) is 31.9 Å². The highest BCUT2D eigenvalue weighted by atomic mass is 19.4. The van der Waals surface area contributed by atoms with Crippen molar-refractivity contribution in [3.05, 3.63) is 65.6 Å². The molecule has 6 N–H and O–H groups in total. The number of carbonyl (C=O) groups excluding carboxylic acids is 3. The van der Waals surface area contributed by atoms with Gasteiger partial charge in [-0.2, -0.15) is 13.2 Å². The number of hydrogen-bond acceptors (Lipinski definition) is 3. The molecule has 0 unspecified atom stereocenters. The lowest BCUT2D eigenvalue weighted by molar-refractivity contribution is -0.137. The monoisotopic (exact) mass is 463 g/mol. The average Bonchev–Trinajstić information content (AvgIpc) is 3.10. The van der Waals surface area contributed by atoms with E-state index in [1.807, 2.05) is 0 Å². The van der Waals surface area contributed by atoms with E-state index in [0.29, 0.717) is 23.3 Å². The number of benzene rings is 2. The maximum absolute atomic E-state index is 13.5. The van der Waals surface area contributed by atoms with Gasteiger partial charge in [-0.1, -0.05) is 12.1 Å². The fourth-order valence-corrected chi connectivity index (χ4v) is 3.03. The number of halogens is 4. The van der Waals surface area contributed by atoms with Crippen LogP contribution in [0.1, 0.15) is 22.8 Å². The number of rotatable bonds is 5. The summed E-state index contributed by atoms with van der Waals surface area (Å²) in [5.41, 5.74) is 5.07. The number of anilines is 3. The summed E-state index contributed by atoms with van der Waals surface area (Å²) in [7, 11) is 0. The van der Waals surface area contributed by atoms with Crippen molar-refractivity contribution in [3.63, 3.8) is 0 Å². The van der Waals surface area contributed by atoms with Crippen LogP contribution in [-0.2, 0) is 11.0 Å². The first-order chi connectivity index (χ1) is 15.4. The third-order valence-electron chi connectivity index (χ3n) is 4.36. The van der Waals surface area contributed by atoms with E-state index in [-0.39, 0.29) is 22.8 Å². The molecule has 3 rings (SSSR count). The zero-order valence-electron chi connectivity index (χ0n) is 16.9. The molecule has 172 valence electrons. The molecule has 4 amide bonds. The third kappa shape index (κ3) is 5.67. The minimum atomic E-state index is -4.77. The van der Waals surface area contributed by atoms with E-state index in [1.165, 1.54) is 25.3 Å². The number of carbonyl (C=O) groups is 3. The van der Waals surface area contributed by atoms with Crippen LogP contribution < -0.4 is 21.7 Å². The number of nitrogens with one attached hydrogen (secondary N) is 4. The van der Waals surface area contributed by atoms with Crippen molar-refractivity contribution in [2.45, 2.75) is 13.1 Å². The zero-order valence-corrected chi connectivity index (χ0v) is 16.9. The van der Waals surface area contributed by atoms with Crippen molar-refractivity contribution in [1.29, 1.82) is 0 Å². The summed E-state index contributed by atoms with van der Waals surface area (Å²) in [6, 6.07) is 6.82. The van der Waals surface area contributed by atoms with Crippen molar-refractivity contribution < 1.29 is 31.9 Å². The number of alkyl halides is 3. The first-order valence-corrected chi connectivity index (χ1v) is 9.29. The van der Waals surface area contributed by atoms with Gasteiger partial charge in [-0.25, -0.2) is 9.18 Å². The highest BCUT2D eigenvalue weighted by Crippen LogP contribution is 2.32. The summed E-state index contributed by atoms with van der Waals surface area (Å²) >= 11 is 0. The zero-order chi connectivity index (χ0) is 24.3. The van der Waals surface area contributed by atoms with Crippen LogP contribution in [0, 0.1) is 5.82 Å². The molecule has 1 heterocycles. The Labute approximate surface area is 184 Å². The molecule has 33 heavy (non-hydrogen) atoms. The Kier molecular flexibility index (Phi) is 6.38. The van der Waals surface area contributed by atoms with E-state index in [1.54, 1.807) is 12.1 Å². The number of H-pyrrole nitrogens is 1. The van der Waals surface area contributed by atoms with Gasteiger partial charge in [0.05, 0.1) is 11.1 Å². The van der Waals surface area contributed by atoms with Crippen LogP contribution in [0.3, 0.4) is 0 Å². The Morgan fingerprint density at radius 1 is 0.939 bits per heavy atom. The molecule has 0 spiro atoms. The molecule has 0 saturated carbocycles. The van der Waals surface area contributed by atoms with E-state index in [4.69, 9.17) is 5.73 Å². The molecule has 0 atom stereocenters. The second kappa shape index (κ2) is 9.02. The van der Waals surface area contributed by atoms with E-state index >= 15 is 0 Å². The van der Waals surface area contributed by atoms with Gasteiger partial charge in [0.2, 0.25) is 5.91 Å². The molecule has 0 saturated heterocycles. The number of hydrogen-bond donors (Lipinski definition) is 5. The van der Waals surface area contributed by atoms with E-state index < -0.39 is 35.4 Å². The van der Waals surface area contributed by atoms with Crippen LogP contribution in [0.4, 0.5) is 39.5 Å². The minimum absolute atomic E-state index is 0.0650. The molecule has 8 nitrogen and oxygen atoms in total. The number of aromatic nitrogens is 1. The Morgan fingerprint density at radius 3 is 2.15 bits per heavy atom. The van der Waals surface area contributed by atoms with Crippen LogP contribution >= 0.6 is 0 Å². The quantitative estimate of drug-likeness (QED) is 0.356. The molecule has 0 fully saturated rings. The summed E-state index contributed by atoms with van der Waals surface area (Å²) in [5, 5.41) is 7.01. The molecule has 3 aromatic rings. The number of aromatic amines is 1. The molecule has 0 aliphatic heterocycles. The first kappa shape index (κ1) is 23.3. The fraction of sp³-hybridized carbons (Fsp3) is 0.0952. The van der Waals surface area contributed by atoms with Crippen molar-refractivity contribution in [2.24, 2.45) is 5.73 Å². The predicted octanol–water partition coefficient (Wildman–Crippen LogP) is 4.54. The molecule has 0 aliphatic rings. The number of amides is 4. The molecule has 12 heteroatoms. The normalized spacial score (nSPS) is 11.1. The highest BCUT2D eigenvalue weighted by Gasteiger charge is 2.31. The molecule has 0 bridgehead atoms. The second-order valence-electron chi connectivity index (χ2n) is 6.88. The summed E-state index contributed by atoms with van der Waals surface area (Å²) in [6.07, 6.45) is -3.30. The van der Waals surface area contributed by atoms with Gasteiger partial charge >= 0.3 is 12.2 Å². The van der Waals surface area contributed by atoms with Gasteiger partial charge < -0.3 is 26.7 Å². The van der Waals surface area contributed by atoms with E-state index in [2.05, 4.69) is 20.9 Å². The summed E-state index contributed by atoms with van der Waals surface area (Å²) < 4.78 is 51.9. The Hall–Kier alpha value is -4.35. The van der Waals surface area contributed by atoms with Crippen molar-refractivity contribution >= 4 is 35.0 Å². The minimum Gasteiger partial charge on any atom is -0.365 e. The summed E-state index contributed by atoms with van der Waals surface area (Å²) in [5.74, 6) is -2.19. The predicted molar refractivity (Wildman–Crippen MR) is 113 cm³/mol. The van der Waals surface area contributed by atoms with Gasteiger partial charge in [-0.3, -0.25) is 9.59 Å². The van der Waals surface area contributed by atoms with Crippen LogP contribution in [0.25, 0.3) is 11.1 Å². The number of urea groups is 1. The SMILES string of the molecule is CC(=O)Nc1[nH]cc(-c2ccc(NC(=O)Nc3cc(F)cc(C(F)(F)F)c3)cc2)c1C(N)=O.